The summed E-state index contributed by atoms with van der Waals surface area (Å²) in [7, 11) is 0. The molecule has 0 spiro atoms. The van der Waals surface area contributed by atoms with Crippen LogP contribution in [0, 0.1) is 13.8 Å². The lowest BCUT2D eigenvalue weighted by molar-refractivity contribution is -0.121. The van der Waals surface area contributed by atoms with Gasteiger partial charge in [0.1, 0.15) is 5.75 Å². The molecular weight excluding hydrogens is 264 g/mol. The van der Waals surface area contributed by atoms with E-state index in [0.29, 0.717) is 19.1 Å². The largest absolute Gasteiger partial charge is 0.493 e. The number of hydrogen-bond donors (Lipinski definition) is 2. The normalized spacial score (nSPS) is 17.7. The number of amides is 1. The quantitative estimate of drug-likeness (QED) is 0.758. The Balaban J connectivity index is 1.59. The van der Waals surface area contributed by atoms with Gasteiger partial charge in [-0.1, -0.05) is 12.1 Å². The van der Waals surface area contributed by atoms with Gasteiger partial charge in [0.15, 0.2) is 0 Å². The highest BCUT2D eigenvalue weighted by atomic mass is 16.5. The zero-order valence-electron chi connectivity index (χ0n) is 13.1. The second-order valence-corrected chi connectivity index (χ2v) is 5.83. The van der Waals surface area contributed by atoms with Crippen LogP contribution in [0.4, 0.5) is 0 Å². The van der Waals surface area contributed by atoms with Crippen LogP contribution < -0.4 is 15.4 Å². The monoisotopic (exact) mass is 290 g/mol. The third-order valence-corrected chi connectivity index (χ3v) is 3.82. The van der Waals surface area contributed by atoms with E-state index in [4.69, 9.17) is 4.74 Å². The molecule has 0 radical (unpaired) electrons. The molecule has 0 aliphatic carbocycles. The van der Waals surface area contributed by atoms with E-state index in [1.165, 1.54) is 5.56 Å². The third kappa shape index (κ3) is 5.38. The Labute approximate surface area is 127 Å². The molecule has 1 aliphatic rings. The Morgan fingerprint density at radius 3 is 3.00 bits per heavy atom. The maximum Gasteiger partial charge on any atom is 0.220 e. The van der Waals surface area contributed by atoms with Gasteiger partial charge in [-0.2, -0.15) is 0 Å². The number of benzene rings is 1. The van der Waals surface area contributed by atoms with Crippen LogP contribution in [0.3, 0.4) is 0 Å². The predicted octanol–water partition coefficient (Wildman–Crippen LogP) is 2.33. The average molecular weight is 290 g/mol. The van der Waals surface area contributed by atoms with Crippen LogP contribution in [-0.4, -0.2) is 31.6 Å². The van der Waals surface area contributed by atoms with E-state index in [0.717, 1.165) is 43.7 Å². The highest BCUT2D eigenvalue weighted by molar-refractivity contribution is 5.76. The van der Waals surface area contributed by atoms with E-state index in [1.54, 1.807) is 0 Å². The van der Waals surface area contributed by atoms with Gasteiger partial charge < -0.3 is 15.4 Å². The average Bonchev–Trinajstić information content (AvgIpc) is 2.95. The maximum atomic E-state index is 11.8. The fourth-order valence-corrected chi connectivity index (χ4v) is 2.51. The van der Waals surface area contributed by atoms with Gasteiger partial charge in [0.25, 0.3) is 0 Å². The van der Waals surface area contributed by atoms with Crippen LogP contribution >= 0.6 is 0 Å². The Hall–Kier alpha value is -1.55. The third-order valence-electron chi connectivity index (χ3n) is 3.82. The van der Waals surface area contributed by atoms with E-state index in [2.05, 4.69) is 42.7 Å². The first-order valence-corrected chi connectivity index (χ1v) is 7.85. The van der Waals surface area contributed by atoms with Crippen molar-refractivity contribution >= 4 is 5.91 Å². The van der Waals surface area contributed by atoms with Crippen molar-refractivity contribution in [1.29, 1.82) is 0 Å². The Morgan fingerprint density at radius 2 is 2.24 bits per heavy atom. The smallest absolute Gasteiger partial charge is 0.220 e. The molecule has 1 fully saturated rings. The van der Waals surface area contributed by atoms with Crippen molar-refractivity contribution in [3.8, 4) is 5.75 Å². The Kier molecular flexibility index (Phi) is 6.05. The summed E-state index contributed by atoms with van der Waals surface area (Å²) >= 11 is 0. The van der Waals surface area contributed by atoms with Crippen LogP contribution in [0.15, 0.2) is 18.2 Å². The number of hydrogen-bond acceptors (Lipinski definition) is 3. The predicted molar refractivity (Wildman–Crippen MR) is 84.7 cm³/mol. The Morgan fingerprint density at radius 1 is 1.38 bits per heavy atom. The fourth-order valence-electron chi connectivity index (χ4n) is 2.51. The summed E-state index contributed by atoms with van der Waals surface area (Å²) in [6.07, 6.45) is 3.41. The molecule has 0 bridgehead atoms. The van der Waals surface area contributed by atoms with Gasteiger partial charge in [-0.3, -0.25) is 4.79 Å². The molecule has 4 heteroatoms. The lowest BCUT2D eigenvalue weighted by Crippen LogP contribution is -2.36. The molecule has 1 heterocycles. The molecule has 116 valence electrons. The summed E-state index contributed by atoms with van der Waals surface area (Å²) in [6, 6.07) is 6.55. The molecule has 4 nitrogen and oxygen atoms in total. The lowest BCUT2D eigenvalue weighted by atomic mass is 10.1. The molecule has 21 heavy (non-hydrogen) atoms. The van der Waals surface area contributed by atoms with Crippen molar-refractivity contribution in [2.45, 2.75) is 45.6 Å². The molecular formula is C17H26N2O2. The summed E-state index contributed by atoms with van der Waals surface area (Å²) in [6.45, 7) is 6.70. The highest BCUT2D eigenvalue weighted by Crippen LogP contribution is 2.19. The van der Waals surface area contributed by atoms with Crippen molar-refractivity contribution in [1.82, 2.24) is 10.6 Å². The number of nitrogens with one attached hydrogen (secondary N) is 2. The van der Waals surface area contributed by atoms with Gasteiger partial charge in [-0.05, 0) is 56.8 Å². The molecule has 0 aromatic heterocycles. The minimum atomic E-state index is 0.162. The van der Waals surface area contributed by atoms with Crippen LogP contribution in [-0.2, 0) is 4.79 Å². The molecule has 1 aliphatic heterocycles. The zero-order chi connectivity index (χ0) is 15.1. The first kappa shape index (κ1) is 15.8. The van der Waals surface area contributed by atoms with E-state index < -0.39 is 0 Å². The van der Waals surface area contributed by atoms with Gasteiger partial charge in [-0.15, -0.1) is 0 Å². The molecule has 1 saturated heterocycles. The molecule has 1 aromatic rings. The van der Waals surface area contributed by atoms with Gasteiger partial charge in [0.05, 0.1) is 6.61 Å². The topological polar surface area (TPSA) is 50.4 Å². The highest BCUT2D eigenvalue weighted by Gasteiger charge is 2.15. The summed E-state index contributed by atoms with van der Waals surface area (Å²) < 4.78 is 5.79. The number of carbonyl (C=O) groups is 1. The molecule has 1 unspecified atom stereocenters. The van der Waals surface area contributed by atoms with Crippen molar-refractivity contribution in [3.63, 3.8) is 0 Å². The summed E-state index contributed by atoms with van der Waals surface area (Å²) in [5.41, 5.74) is 2.37. The Bertz CT molecular complexity index is 468. The minimum Gasteiger partial charge on any atom is -0.493 e. The summed E-state index contributed by atoms with van der Waals surface area (Å²) in [5, 5.41) is 6.31. The van der Waals surface area contributed by atoms with E-state index in [-0.39, 0.29) is 5.91 Å². The molecule has 1 amide bonds. The maximum absolute atomic E-state index is 11.8. The van der Waals surface area contributed by atoms with Crippen molar-refractivity contribution < 1.29 is 9.53 Å². The van der Waals surface area contributed by atoms with Crippen LogP contribution in [0.1, 0.15) is 36.8 Å². The van der Waals surface area contributed by atoms with Crippen LogP contribution in [0.25, 0.3) is 0 Å². The van der Waals surface area contributed by atoms with Gasteiger partial charge >= 0.3 is 0 Å². The summed E-state index contributed by atoms with van der Waals surface area (Å²) in [5.74, 6) is 1.12. The van der Waals surface area contributed by atoms with Gasteiger partial charge in [0.2, 0.25) is 5.91 Å². The molecule has 2 rings (SSSR count). The van der Waals surface area contributed by atoms with Gasteiger partial charge in [0, 0.05) is 19.0 Å². The van der Waals surface area contributed by atoms with Crippen molar-refractivity contribution in [2.24, 2.45) is 0 Å². The van der Waals surface area contributed by atoms with Crippen LogP contribution in [0.5, 0.6) is 5.75 Å². The molecule has 1 atom stereocenters. The zero-order valence-corrected chi connectivity index (χ0v) is 13.1. The van der Waals surface area contributed by atoms with E-state index >= 15 is 0 Å². The van der Waals surface area contributed by atoms with Crippen molar-refractivity contribution in [3.05, 3.63) is 29.3 Å². The SMILES string of the molecule is Cc1ccc(C)c(OCCCCC(=O)NC2CCNC2)c1. The molecule has 2 N–H and O–H groups in total. The first-order chi connectivity index (χ1) is 10.1. The van der Waals surface area contributed by atoms with E-state index in [9.17, 15) is 4.79 Å². The summed E-state index contributed by atoms with van der Waals surface area (Å²) in [4.78, 5) is 11.8. The van der Waals surface area contributed by atoms with Gasteiger partial charge in [-0.25, -0.2) is 0 Å². The fraction of sp³-hybridized carbons (Fsp3) is 0.588. The van der Waals surface area contributed by atoms with Crippen molar-refractivity contribution in [2.75, 3.05) is 19.7 Å². The molecule has 0 saturated carbocycles. The second kappa shape index (κ2) is 8.03. The number of carbonyl (C=O) groups excluding carboxylic acids is 1. The number of ether oxygens (including phenoxy) is 1. The van der Waals surface area contributed by atoms with Crippen LogP contribution in [0.2, 0.25) is 0 Å². The standard InChI is InChI=1S/C17H26N2O2/c1-13-6-7-14(2)16(11-13)21-10-4-3-5-17(20)19-15-8-9-18-12-15/h6-7,11,15,18H,3-5,8-10,12H2,1-2H3,(H,19,20). The van der Waals surface area contributed by atoms with E-state index in [1.807, 2.05) is 0 Å². The minimum absolute atomic E-state index is 0.162. The number of rotatable bonds is 7. The number of unbranched alkanes of at least 4 members (excludes halogenated alkanes) is 1. The lowest BCUT2D eigenvalue weighted by Gasteiger charge is -2.12. The first-order valence-electron chi connectivity index (χ1n) is 7.85. The second-order valence-electron chi connectivity index (χ2n) is 5.83. The molecule has 1 aromatic carbocycles. The number of aryl methyl sites for hydroxylation is 2.